The van der Waals surface area contributed by atoms with E-state index in [1.807, 2.05) is 0 Å². The van der Waals surface area contributed by atoms with Crippen LogP contribution in [0.3, 0.4) is 0 Å². The predicted octanol–water partition coefficient (Wildman–Crippen LogP) is -0.495. The van der Waals surface area contributed by atoms with Crippen molar-refractivity contribution >= 4 is 5.91 Å². The Labute approximate surface area is 90.3 Å². The van der Waals surface area contributed by atoms with Crippen LogP contribution >= 0.6 is 0 Å². The summed E-state index contributed by atoms with van der Waals surface area (Å²) in [5, 5.41) is 2.87. The van der Waals surface area contributed by atoms with Gasteiger partial charge >= 0.3 is 0 Å². The maximum Gasteiger partial charge on any atom is 0.225 e. The number of nitrogens with two attached hydrogens (primary N) is 1. The molecule has 0 saturated carbocycles. The summed E-state index contributed by atoms with van der Waals surface area (Å²) in [6, 6.07) is 0. The fourth-order valence-corrected chi connectivity index (χ4v) is 1.46. The molecule has 0 bridgehead atoms. The van der Waals surface area contributed by atoms with E-state index in [0.717, 1.165) is 12.8 Å². The highest BCUT2D eigenvalue weighted by Gasteiger charge is 2.22. The topological polar surface area (TPSA) is 73.6 Å². The number of carbonyl (C=O) groups is 1. The maximum atomic E-state index is 11.5. The van der Waals surface area contributed by atoms with E-state index in [9.17, 15) is 4.79 Å². The van der Waals surface area contributed by atoms with Crippen LogP contribution in [0.4, 0.5) is 0 Å². The van der Waals surface area contributed by atoms with Gasteiger partial charge in [0.1, 0.15) is 0 Å². The van der Waals surface area contributed by atoms with Crippen LogP contribution in [0.1, 0.15) is 12.8 Å². The molecule has 0 aromatic rings. The zero-order chi connectivity index (χ0) is 10.9. The molecule has 0 aromatic carbocycles. The average Bonchev–Trinajstić information content (AvgIpc) is 2.76. The second-order valence-electron chi connectivity index (χ2n) is 3.61. The van der Waals surface area contributed by atoms with E-state index in [2.05, 4.69) is 5.32 Å². The third-order valence-electron chi connectivity index (χ3n) is 2.33. The first-order chi connectivity index (χ1) is 7.34. The molecule has 1 unspecified atom stereocenters. The van der Waals surface area contributed by atoms with E-state index < -0.39 is 0 Å². The number of hydrogen-bond acceptors (Lipinski definition) is 4. The minimum absolute atomic E-state index is 0.0509. The molecule has 1 rings (SSSR count). The van der Waals surface area contributed by atoms with Gasteiger partial charge < -0.3 is 20.5 Å². The van der Waals surface area contributed by atoms with E-state index in [-0.39, 0.29) is 11.8 Å². The van der Waals surface area contributed by atoms with E-state index in [1.54, 1.807) is 0 Å². The highest BCUT2D eigenvalue weighted by molar-refractivity contribution is 5.78. The summed E-state index contributed by atoms with van der Waals surface area (Å²) in [5.74, 6) is 0.154. The van der Waals surface area contributed by atoms with Crippen LogP contribution in [-0.4, -0.2) is 45.4 Å². The van der Waals surface area contributed by atoms with Gasteiger partial charge in [-0.25, -0.2) is 0 Å². The van der Waals surface area contributed by atoms with Gasteiger partial charge in [-0.05, 0) is 12.8 Å². The van der Waals surface area contributed by atoms with Gasteiger partial charge in [0, 0.05) is 26.3 Å². The molecule has 0 radical (unpaired) electrons. The second-order valence-corrected chi connectivity index (χ2v) is 3.61. The smallest absolute Gasteiger partial charge is 0.225 e. The third kappa shape index (κ3) is 5.11. The van der Waals surface area contributed by atoms with Crippen LogP contribution in [0.25, 0.3) is 0 Å². The monoisotopic (exact) mass is 216 g/mol. The third-order valence-corrected chi connectivity index (χ3v) is 2.33. The molecule has 1 heterocycles. The van der Waals surface area contributed by atoms with Gasteiger partial charge in [-0.3, -0.25) is 4.79 Å². The molecule has 1 atom stereocenters. The fourth-order valence-electron chi connectivity index (χ4n) is 1.46. The molecule has 0 spiro atoms. The Morgan fingerprint density at radius 2 is 2.40 bits per heavy atom. The zero-order valence-corrected chi connectivity index (χ0v) is 9.04. The molecule has 0 aliphatic carbocycles. The quantitative estimate of drug-likeness (QED) is 0.563. The first-order valence-electron chi connectivity index (χ1n) is 5.48. The van der Waals surface area contributed by atoms with Crippen molar-refractivity contribution in [2.24, 2.45) is 11.7 Å². The number of nitrogens with one attached hydrogen (secondary N) is 1. The molecule has 1 amide bonds. The number of hydrogen-bond donors (Lipinski definition) is 2. The lowest BCUT2D eigenvalue weighted by atomic mass is 10.1. The molecular weight excluding hydrogens is 196 g/mol. The van der Waals surface area contributed by atoms with Gasteiger partial charge in [0.15, 0.2) is 0 Å². The van der Waals surface area contributed by atoms with E-state index in [1.165, 1.54) is 0 Å². The summed E-state index contributed by atoms with van der Waals surface area (Å²) in [6.07, 6.45) is 1.68. The summed E-state index contributed by atoms with van der Waals surface area (Å²) in [5.41, 5.74) is 5.27. The molecule has 1 fully saturated rings. The molecule has 0 aromatic heterocycles. The van der Waals surface area contributed by atoms with Crippen LogP contribution in [0.15, 0.2) is 0 Å². The standard InChI is InChI=1S/C10H20N2O3/c11-3-7-14-5-1-4-12-10(13)9-2-6-15-8-9/h9H,1-8,11H2,(H,12,13). The van der Waals surface area contributed by atoms with Crippen molar-refractivity contribution in [2.45, 2.75) is 12.8 Å². The van der Waals surface area contributed by atoms with Gasteiger partial charge in [0.2, 0.25) is 5.91 Å². The Morgan fingerprint density at radius 1 is 1.53 bits per heavy atom. The van der Waals surface area contributed by atoms with Gasteiger partial charge in [-0.2, -0.15) is 0 Å². The van der Waals surface area contributed by atoms with E-state index >= 15 is 0 Å². The average molecular weight is 216 g/mol. The normalized spacial score (nSPS) is 20.5. The lowest BCUT2D eigenvalue weighted by molar-refractivity contribution is -0.124. The minimum atomic E-state index is 0.0509. The molecule has 3 N–H and O–H groups in total. The summed E-state index contributed by atoms with van der Waals surface area (Å²) in [7, 11) is 0. The van der Waals surface area contributed by atoms with Crippen LogP contribution in [0, 0.1) is 5.92 Å². The van der Waals surface area contributed by atoms with Crippen LogP contribution in [0.5, 0.6) is 0 Å². The number of amides is 1. The van der Waals surface area contributed by atoms with E-state index in [0.29, 0.717) is 39.5 Å². The molecule has 1 aliphatic heterocycles. The Kier molecular flexibility index (Phi) is 6.31. The summed E-state index contributed by atoms with van der Waals surface area (Å²) >= 11 is 0. The first-order valence-corrected chi connectivity index (χ1v) is 5.48. The van der Waals surface area contributed by atoms with Crippen molar-refractivity contribution < 1.29 is 14.3 Å². The van der Waals surface area contributed by atoms with Gasteiger partial charge in [-0.15, -0.1) is 0 Å². The predicted molar refractivity (Wildman–Crippen MR) is 56.4 cm³/mol. The van der Waals surface area contributed by atoms with Crippen molar-refractivity contribution in [3.63, 3.8) is 0 Å². The van der Waals surface area contributed by atoms with Crippen molar-refractivity contribution in [2.75, 3.05) is 39.5 Å². The zero-order valence-electron chi connectivity index (χ0n) is 9.04. The van der Waals surface area contributed by atoms with Crippen LogP contribution in [-0.2, 0) is 14.3 Å². The maximum absolute atomic E-state index is 11.5. The molecule has 88 valence electrons. The fraction of sp³-hybridized carbons (Fsp3) is 0.900. The Bertz CT molecular complexity index is 182. The van der Waals surface area contributed by atoms with Gasteiger partial charge in [0.05, 0.1) is 19.1 Å². The van der Waals surface area contributed by atoms with Crippen molar-refractivity contribution in [3.05, 3.63) is 0 Å². The largest absolute Gasteiger partial charge is 0.381 e. The highest BCUT2D eigenvalue weighted by Crippen LogP contribution is 2.11. The molecule has 5 nitrogen and oxygen atoms in total. The van der Waals surface area contributed by atoms with Crippen LogP contribution < -0.4 is 11.1 Å². The van der Waals surface area contributed by atoms with Gasteiger partial charge in [-0.1, -0.05) is 0 Å². The Balaban J connectivity index is 1.92. The Morgan fingerprint density at radius 3 is 3.07 bits per heavy atom. The SMILES string of the molecule is NCCOCCCNC(=O)C1CCOC1. The van der Waals surface area contributed by atoms with Crippen molar-refractivity contribution in [1.82, 2.24) is 5.32 Å². The summed E-state index contributed by atoms with van der Waals surface area (Å²) < 4.78 is 10.3. The Hall–Kier alpha value is -0.650. The molecule has 1 saturated heterocycles. The van der Waals surface area contributed by atoms with Crippen LogP contribution in [0.2, 0.25) is 0 Å². The van der Waals surface area contributed by atoms with Gasteiger partial charge in [0.25, 0.3) is 0 Å². The second kappa shape index (κ2) is 7.62. The van der Waals surface area contributed by atoms with Crippen molar-refractivity contribution in [1.29, 1.82) is 0 Å². The lowest BCUT2D eigenvalue weighted by Gasteiger charge is -2.09. The molecule has 15 heavy (non-hydrogen) atoms. The number of ether oxygens (including phenoxy) is 2. The molecule has 1 aliphatic rings. The molecular formula is C10H20N2O3. The highest BCUT2D eigenvalue weighted by atomic mass is 16.5. The first kappa shape index (κ1) is 12.4. The number of rotatable bonds is 7. The van der Waals surface area contributed by atoms with Crippen molar-refractivity contribution in [3.8, 4) is 0 Å². The lowest BCUT2D eigenvalue weighted by Crippen LogP contribution is -2.32. The number of carbonyl (C=O) groups excluding carboxylic acids is 1. The summed E-state index contributed by atoms with van der Waals surface area (Å²) in [4.78, 5) is 11.5. The summed E-state index contributed by atoms with van der Waals surface area (Å²) in [6.45, 7) is 3.72. The minimum Gasteiger partial charge on any atom is -0.381 e. The molecule has 5 heteroatoms. The van der Waals surface area contributed by atoms with E-state index in [4.69, 9.17) is 15.2 Å².